The molecular weight excluding hydrogens is 439 g/mol. The number of hydrogen-bond acceptors (Lipinski definition) is 4. The summed E-state index contributed by atoms with van der Waals surface area (Å²) in [5, 5.41) is 3.73. The summed E-state index contributed by atoms with van der Waals surface area (Å²) in [6.45, 7) is 5.39. The van der Waals surface area contributed by atoms with Crippen LogP contribution >= 0.6 is 23.2 Å². The van der Waals surface area contributed by atoms with Crippen molar-refractivity contribution in [2.45, 2.75) is 45.8 Å². The number of ether oxygens (including phenoxy) is 2. The minimum Gasteiger partial charge on any atom is -0.493 e. The number of amides is 2. The quantitative estimate of drug-likeness (QED) is 0.550. The molecule has 8 heteroatoms. The maximum Gasteiger partial charge on any atom is 0.261 e. The Hall–Kier alpha value is -2.44. The normalized spacial score (nSPS) is 11.7. The molecule has 168 valence electrons. The van der Waals surface area contributed by atoms with Gasteiger partial charge in [0.2, 0.25) is 5.91 Å². The summed E-state index contributed by atoms with van der Waals surface area (Å²) in [7, 11) is 1.53. The molecule has 2 amide bonds. The predicted octanol–water partition coefficient (Wildman–Crippen LogP) is 4.71. The smallest absolute Gasteiger partial charge is 0.261 e. The number of nitrogens with zero attached hydrogens (tertiary/aromatic N) is 1. The highest BCUT2D eigenvalue weighted by Gasteiger charge is 2.30. The third-order valence-electron chi connectivity index (χ3n) is 4.63. The van der Waals surface area contributed by atoms with Crippen molar-refractivity contribution < 1.29 is 19.1 Å². The molecule has 0 spiro atoms. The van der Waals surface area contributed by atoms with E-state index < -0.39 is 6.04 Å². The van der Waals surface area contributed by atoms with Crippen LogP contribution in [-0.4, -0.2) is 42.5 Å². The molecule has 0 fully saturated rings. The third kappa shape index (κ3) is 6.77. The largest absolute Gasteiger partial charge is 0.493 e. The lowest BCUT2D eigenvalue weighted by Gasteiger charge is -2.31. The van der Waals surface area contributed by atoms with Gasteiger partial charge in [-0.3, -0.25) is 9.59 Å². The molecule has 0 aliphatic heterocycles. The molecule has 1 atom stereocenters. The zero-order chi connectivity index (χ0) is 23.0. The fourth-order valence-corrected chi connectivity index (χ4v) is 3.63. The molecule has 6 nitrogen and oxygen atoms in total. The van der Waals surface area contributed by atoms with Crippen LogP contribution in [0.25, 0.3) is 0 Å². The first-order valence-electron chi connectivity index (χ1n) is 10.1. The number of hydrogen-bond donors (Lipinski definition) is 1. The number of carbonyl (C=O) groups is 2. The minimum atomic E-state index is -0.705. The number of methoxy groups -OCH3 is 1. The second-order valence-corrected chi connectivity index (χ2v) is 8.06. The van der Waals surface area contributed by atoms with E-state index in [4.69, 9.17) is 32.7 Å². The van der Waals surface area contributed by atoms with Gasteiger partial charge in [-0.15, -0.1) is 0 Å². The summed E-state index contributed by atoms with van der Waals surface area (Å²) in [4.78, 5) is 27.5. The first kappa shape index (κ1) is 24.8. The Morgan fingerprint density at radius 2 is 1.65 bits per heavy atom. The van der Waals surface area contributed by atoms with Crippen LogP contribution < -0.4 is 14.8 Å². The summed E-state index contributed by atoms with van der Waals surface area (Å²) >= 11 is 12.7. The number of nitrogens with one attached hydrogen (secondary N) is 1. The van der Waals surface area contributed by atoms with Crippen molar-refractivity contribution >= 4 is 35.0 Å². The third-order valence-corrected chi connectivity index (χ3v) is 5.34. The number of carbonyl (C=O) groups excluding carboxylic acids is 2. The van der Waals surface area contributed by atoms with E-state index in [-0.39, 0.29) is 31.0 Å². The van der Waals surface area contributed by atoms with Crippen molar-refractivity contribution in [1.29, 1.82) is 0 Å². The Morgan fingerprint density at radius 1 is 1.03 bits per heavy atom. The standard InChI is InChI=1S/C23H28Cl2N2O4/c1-5-19(23(29)26-15(2)3)27(13-16-17(24)9-8-10-18(16)25)22(28)14-31-21-12-7-6-11-20(21)30-4/h6-12,15,19H,5,13-14H2,1-4H3,(H,26,29)/t19-/m1/s1. The van der Waals surface area contributed by atoms with Crippen LogP contribution in [-0.2, 0) is 16.1 Å². The Bertz CT molecular complexity index is 885. The number of rotatable bonds is 10. The van der Waals surface area contributed by atoms with Gasteiger partial charge in [0, 0.05) is 28.2 Å². The molecule has 0 aliphatic carbocycles. The summed E-state index contributed by atoms with van der Waals surface area (Å²) < 4.78 is 11.0. The summed E-state index contributed by atoms with van der Waals surface area (Å²) in [5.74, 6) is 0.341. The van der Waals surface area contributed by atoms with E-state index in [1.807, 2.05) is 26.8 Å². The highest BCUT2D eigenvalue weighted by molar-refractivity contribution is 6.36. The molecule has 2 rings (SSSR count). The molecule has 0 aromatic heterocycles. The average Bonchev–Trinajstić information content (AvgIpc) is 2.73. The van der Waals surface area contributed by atoms with Crippen LogP contribution in [0.1, 0.15) is 32.8 Å². The Morgan fingerprint density at radius 3 is 2.19 bits per heavy atom. The Labute approximate surface area is 193 Å². The van der Waals surface area contributed by atoms with E-state index in [0.29, 0.717) is 33.5 Å². The van der Waals surface area contributed by atoms with Crippen molar-refractivity contribution in [3.8, 4) is 11.5 Å². The van der Waals surface area contributed by atoms with Gasteiger partial charge < -0.3 is 19.7 Å². The number of benzene rings is 2. The highest BCUT2D eigenvalue weighted by Crippen LogP contribution is 2.28. The fraction of sp³-hybridized carbons (Fsp3) is 0.391. The molecule has 31 heavy (non-hydrogen) atoms. The van der Waals surface area contributed by atoms with Gasteiger partial charge in [0.1, 0.15) is 6.04 Å². The lowest BCUT2D eigenvalue weighted by atomic mass is 10.1. The van der Waals surface area contributed by atoms with Gasteiger partial charge in [0.25, 0.3) is 5.91 Å². The molecule has 1 N–H and O–H groups in total. The molecule has 2 aromatic carbocycles. The molecular formula is C23H28Cl2N2O4. The first-order valence-corrected chi connectivity index (χ1v) is 10.8. The van der Waals surface area contributed by atoms with Crippen LogP contribution in [0.3, 0.4) is 0 Å². The van der Waals surface area contributed by atoms with Gasteiger partial charge in [0.15, 0.2) is 18.1 Å². The second kappa shape index (κ2) is 11.8. The van der Waals surface area contributed by atoms with Crippen molar-refractivity contribution in [1.82, 2.24) is 10.2 Å². The van der Waals surface area contributed by atoms with E-state index in [1.54, 1.807) is 36.4 Å². The summed E-state index contributed by atoms with van der Waals surface area (Å²) in [5.41, 5.74) is 0.576. The monoisotopic (exact) mass is 466 g/mol. The zero-order valence-corrected chi connectivity index (χ0v) is 19.7. The van der Waals surface area contributed by atoms with Gasteiger partial charge in [0.05, 0.1) is 7.11 Å². The average molecular weight is 467 g/mol. The van der Waals surface area contributed by atoms with E-state index in [1.165, 1.54) is 12.0 Å². The zero-order valence-electron chi connectivity index (χ0n) is 18.2. The van der Waals surface area contributed by atoms with Gasteiger partial charge >= 0.3 is 0 Å². The van der Waals surface area contributed by atoms with Crippen LogP contribution in [0.15, 0.2) is 42.5 Å². The van der Waals surface area contributed by atoms with Crippen LogP contribution in [0.2, 0.25) is 10.0 Å². The summed E-state index contributed by atoms with van der Waals surface area (Å²) in [6, 6.07) is 11.4. The Balaban J connectivity index is 2.31. The first-order chi connectivity index (χ1) is 14.8. The molecule has 0 radical (unpaired) electrons. The van der Waals surface area contributed by atoms with Gasteiger partial charge in [-0.05, 0) is 44.5 Å². The molecule has 2 aromatic rings. The SMILES string of the molecule is CC[C@H](C(=O)NC(C)C)N(Cc1c(Cl)cccc1Cl)C(=O)COc1ccccc1OC. The number of para-hydroxylation sites is 2. The van der Waals surface area contributed by atoms with Gasteiger partial charge in [-0.2, -0.15) is 0 Å². The molecule has 0 unspecified atom stereocenters. The maximum atomic E-state index is 13.2. The summed E-state index contributed by atoms with van der Waals surface area (Å²) in [6.07, 6.45) is 0.418. The predicted molar refractivity (Wildman–Crippen MR) is 123 cm³/mol. The van der Waals surface area contributed by atoms with Crippen LogP contribution in [0, 0.1) is 0 Å². The van der Waals surface area contributed by atoms with Crippen molar-refractivity contribution in [2.24, 2.45) is 0 Å². The van der Waals surface area contributed by atoms with Gasteiger partial charge in [-0.25, -0.2) is 0 Å². The van der Waals surface area contributed by atoms with Gasteiger partial charge in [-0.1, -0.05) is 48.3 Å². The molecule has 0 bridgehead atoms. The van der Waals surface area contributed by atoms with E-state index >= 15 is 0 Å². The van der Waals surface area contributed by atoms with Crippen molar-refractivity contribution in [3.05, 3.63) is 58.1 Å². The van der Waals surface area contributed by atoms with E-state index in [0.717, 1.165) is 0 Å². The lowest BCUT2D eigenvalue weighted by molar-refractivity contribution is -0.143. The van der Waals surface area contributed by atoms with E-state index in [9.17, 15) is 9.59 Å². The van der Waals surface area contributed by atoms with Crippen LogP contribution in [0.4, 0.5) is 0 Å². The van der Waals surface area contributed by atoms with Crippen LogP contribution in [0.5, 0.6) is 11.5 Å². The highest BCUT2D eigenvalue weighted by atomic mass is 35.5. The molecule has 0 saturated heterocycles. The second-order valence-electron chi connectivity index (χ2n) is 7.25. The van der Waals surface area contributed by atoms with E-state index in [2.05, 4.69) is 5.32 Å². The lowest BCUT2D eigenvalue weighted by Crippen LogP contribution is -2.51. The molecule has 0 saturated carbocycles. The fourth-order valence-electron chi connectivity index (χ4n) is 3.11. The van der Waals surface area contributed by atoms with Crippen molar-refractivity contribution in [3.63, 3.8) is 0 Å². The minimum absolute atomic E-state index is 0.0627. The molecule has 0 heterocycles. The molecule has 0 aliphatic rings. The maximum absolute atomic E-state index is 13.2. The van der Waals surface area contributed by atoms with Crippen molar-refractivity contribution in [2.75, 3.05) is 13.7 Å². The topological polar surface area (TPSA) is 67.9 Å². The Kier molecular flexibility index (Phi) is 9.46. The number of halogens is 2.